The lowest BCUT2D eigenvalue weighted by molar-refractivity contribution is -0.119. The van der Waals surface area contributed by atoms with Crippen LogP contribution in [0.5, 0.6) is 5.75 Å². The van der Waals surface area contributed by atoms with Crippen molar-refractivity contribution in [1.82, 2.24) is 10.3 Å². The molecule has 118 valence electrons. The molecule has 1 aliphatic rings. The van der Waals surface area contributed by atoms with Crippen molar-refractivity contribution in [3.8, 4) is 5.75 Å². The molecule has 0 saturated heterocycles. The molecule has 1 amide bonds. The minimum absolute atomic E-state index is 0.0570. The second kappa shape index (κ2) is 6.18. The molecule has 5 nitrogen and oxygen atoms in total. The van der Waals surface area contributed by atoms with Gasteiger partial charge in [-0.2, -0.15) is 0 Å². The maximum atomic E-state index is 11.0. The van der Waals surface area contributed by atoms with E-state index in [9.17, 15) is 4.79 Å². The second-order valence-electron chi connectivity index (χ2n) is 5.64. The molecule has 1 aromatic carbocycles. The average molecular weight is 323 g/mol. The van der Waals surface area contributed by atoms with Crippen LogP contribution in [0.1, 0.15) is 25.5 Å². The predicted molar refractivity (Wildman–Crippen MR) is 85.3 cm³/mol. The number of benzene rings is 1. The Morgan fingerprint density at radius 1 is 1.36 bits per heavy atom. The van der Waals surface area contributed by atoms with Crippen LogP contribution in [0.25, 0.3) is 10.9 Å². The van der Waals surface area contributed by atoms with Crippen LogP contribution in [0.15, 0.2) is 18.2 Å². The molecular formula is C16H19ClN2O3. The summed E-state index contributed by atoms with van der Waals surface area (Å²) in [6.07, 6.45) is 2.24. The first kappa shape index (κ1) is 15.2. The zero-order valence-electron chi connectivity index (χ0n) is 12.6. The molecule has 6 heteroatoms. The Hall–Kier alpha value is -1.72. The van der Waals surface area contributed by atoms with Gasteiger partial charge in [-0.1, -0.05) is 11.6 Å². The fourth-order valence-corrected chi connectivity index (χ4v) is 2.80. The summed E-state index contributed by atoms with van der Waals surface area (Å²) < 4.78 is 11.2. The average Bonchev–Trinajstić information content (AvgIpc) is 2.81. The summed E-state index contributed by atoms with van der Waals surface area (Å²) >= 11 is 6.30. The van der Waals surface area contributed by atoms with Gasteiger partial charge >= 0.3 is 0 Å². The van der Waals surface area contributed by atoms with Gasteiger partial charge in [0.2, 0.25) is 5.91 Å². The minimum Gasteiger partial charge on any atom is -0.489 e. The van der Waals surface area contributed by atoms with E-state index in [1.54, 1.807) is 7.11 Å². The molecule has 0 bridgehead atoms. The Balaban J connectivity index is 1.74. The molecule has 2 aromatic rings. The number of aromatic nitrogens is 1. The standard InChI is InChI=1S/C16H19ClN2O3/c1-9(20)18-8-11-3-10-4-14(17)16(7-15(10)19-11)22-13-5-12(6-13)21-2/h3-4,7,12-13,19H,5-6,8H2,1-2H3,(H,18,20)/t12-,13+. The monoisotopic (exact) mass is 322 g/mol. The molecular weight excluding hydrogens is 304 g/mol. The summed E-state index contributed by atoms with van der Waals surface area (Å²) in [4.78, 5) is 14.2. The summed E-state index contributed by atoms with van der Waals surface area (Å²) in [5, 5.41) is 4.36. The molecule has 1 aliphatic carbocycles. The van der Waals surface area contributed by atoms with Crippen LogP contribution in [0, 0.1) is 0 Å². The number of fused-ring (bicyclic) bond motifs is 1. The van der Waals surface area contributed by atoms with E-state index in [1.807, 2.05) is 18.2 Å². The molecule has 0 spiro atoms. The zero-order chi connectivity index (χ0) is 15.7. The Morgan fingerprint density at radius 2 is 2.14 bits per heavy atom. The lowest BCUT2D eigenvalue weighted by Gasteiger charge is -2.34. The molecule has 0 unspecified atom stereocenters. The number of methoxy groups -OCH3 is 1. The van der Waals surface area contributed by atoms with Gasteiger partial charge in [-0.25, -0.2) is 0 Å². The molecule has 1 heterocycles. The molecule has 3 rings (SSSR count). The number of aromatic amines is 1. The lowest BCUT2D eigenvalue weighted by atomic mass is 9.92. The van der Waals surface area contributed by atoms with E-state index >= 15 is 0 Å². The topological polar surface area (TPSA) is 63.4 Å². The van der Waals surface area contributed by atoms with Crippen molar-refractivity contribution >= 4 is 28.4 Å². The molecule has 22 heavy (non-hydrogen) atoms. The molecule has 0 atom stereocenters. The minimum atomic E-state index is -0.0570. The molecule has 1 saturated carbocycles. The number of carbonyl (C=O) groups excluding carboxylic acids is 1. The Bertz CT molecular complexity index is 692. The van der Waals surface area contributed by atoms with Crippen LogP contribution >= 0.6 is 11.6 Å². The quantitative estimate of drug-likeness (QED) is 0.889. The van der Waals surface area contributed by atoms with Gasteiger partial charge in [-0.05, 0) is 12.1 Å². The van der Waals surface area contributed by atoms with Gasteiger partial charge in [0.05, 0.1) is 17.7 Å². The fraction of sp³-hybridized carbons (Fsp3) is 0.438. The van der Waals surface area contributed by atoms with Crippen molar-refractivity contribution in [2.45, 2.75) is 38.5 Å². The van der Waals surface area contributed by atoms with Crippen molar-refractivity contribution < 1.29 is 14.3 Å². The van der Waals surface area contributed by atoms with Crippen molar-refractivity contribution in [1.29, 1.82) is 0 Å². The van der Waals surface area contributed by atoms with Crippen LogP contribution in [0.4, 0.5) is 0 Å². The maximum Gasteiger partial charge on any atom is 0.217 e. The van der Waals surface area contributed by atoms with E-state index in [2.05, 4.69) is 10.3 Å². The van der Waals surface area contributed by atoms with Crippen LogP contribution in [0.2, 0.25) is 5.02 Å². The summed E-state index contributed by atoms with van der Waals surface area (Å²) in [6.45, 7) is 1.97. The van der Waals surface area contributed by atoms with Gasteiger partial charge in [0.25, 0.3) is 0 Å². The van der Waals surface area contributed by atoms with Crippen molar-refractivity contribution in [2.75, 3.05) is 7.11 Å². The van der Waals surface area contributed by atoms with Crippen LogP contribution < -0.4 is 10.1 Å². The Morgan fingerprint density at radius 3 is 2.82 bits per heavy atom. The fourth-order valence-electron chi connectivity index (χ4n) is 2.58. The summed E-state index contributed by atoms with van der Waals surface area (Å²) in [5.41, 5.74) is 1.88. The van der Waals surface area contributed by atoms with Crippen LogP contribution in [0.3, 0.4) is 0 Å². The first-order valence-corrected chi connectivity index (χ1v) is 7.68. The van der Waals surface area contributed by atoms with E-state index in [0.717, 1.165) is 29.4 Å². The molecule has 0 radical (unpaired) electrons. The van der Waals surface area contributed by atoms with E-state index < -0.39 is 0 Å². The Labute approximate surface area is 133 Å². The summed E-state index contributed by atoms with van der Waals surface area (Å²) in [6, 6.07) is 5.77. The number of ether oxygens (including phenoxy) is 2. The van der Waals surface area contributed by atoms with Gasteiger partial charge < -0.3 is 19.8 Å². The molecule has 1 aromatic heterocycles. The number of halogens is 1. The highest BCUT2D eigenvalue weighted by atomic mass is 35.5. The number of nitrogens with one attached hydrogen (secondary N) is 2. The smallest absolute Gasteiger partial charge is 0.217 e. The van der Waals surface area contributed by atoms with Gasteiger partial charge in [0.1, 0.15) is 11.9 Å². The van der Waals surface area contributed by atoms with E-state index in [1.165, 1.54) is 6.92 Å². The van der Waals surface area contributed by atoms with Gasteiger partial charge in [-0.15, -0.1) is 0 Å². The van der Waals surface area contributed by atoms with Crippen LogP contribution in [-0.2, 0) is 16.1 Å². The van der Waals surface area contributed by atoms with Gasteiger partial charge in [0, 0.05) is 49.5 Å². The van der Waals surface area contributed by atoms with Crippen LogP contribution in [-0.4, -0.2) is 30.2 Å². The van der Waals surface area contributed by atoms with Crippen molar-refractivity contribution in [3.05, 3.63) is 28.9 Å². The highest BCUT2D eigenvalue weighted by molar-refractivity contribution is 6.32. The number of carbonyl (C=O) groups is 1. The SMILES string of the molecule is CO[C@H]1C[C@@H](Oc2cc3[nH]c(CNC(C)=O)cc3cc2Cl)C1. The number of hydrogen-bond donors (Lipinski definition) is 2. The third-order valence-electron chi connectivity index (χ3n) is 3.94. The zero-order valence-corrected chi connectivity index (χ0v) is 13.4. The first-order valence-electron chi connectivity index (χ1n) is 7.30. The maximum absolute atomic E-state index is 11.0. The predicted octanol–water partition coefficient (Wildman–Crippen LogP) is 3.01. The van der Waals surface area contributed by atoms with E-state index in [-0.39, 0.29) is 12.0 Å². The highest BCUT2D eigenvalue weighted by Gasteiger charge is 2.31. The van der Waals surface area contributed by atoms with E-state index in [4.69, 9.17) is 21.1 Å². The van der Waals surface area contributed by atoms with Gasteiger partial charge in [-0.3, -0.25) is 4.79 Å². The number of hydrogen-bond acceptors (Lipinski definition) is 3. The second-order valence-corrected chi connectivity index (χ2v) is 6.05. The molecule has 2 N–H and O–H groups in total. The third kappa shape index (κ3) is 3.20. The van der Waals surface area contributed by atoms with Gasteiger partial charge in [0.15, 0.2) is 0 Å². The Kier molecular flexibility index (Phi) is 4.27. The molecule has 0 aliphatic heterocycles. The largest absolute Gasteiger partial charge is 0.489 e. The summed E-state index contributed by atoms with van der Waals surface area (Å²) in [7, 11) is 1.72. The highest BCUT2D eigenvalue weighted by Crippen LogP contribution is 2.34. The number of H-pyrrole nitrogens is 1. The molecule has 1 fully saturated rings. The first-order chi connectivity index (χ1) is 10.5. The lowest BCUT2D eigenvalue weighted by Crippen LogP contribution is -2.38. The third-order valence-corrected chi connectivity index (χ3v) is 4.23. The summed E-state index contributed by atoms with van der Waals surface area (Å²) in [5.74, 6) is 0.625. The normalized spacial score (nSPS) is 20.7. The number of rotatable bonds is 5. The number of amides is 1. The van der Waals surface area contributed by atoms with Crippen molar-refractivity contribution in [3.63, 3.8) is 0 Å². The van der Waals surface area contributed by atoms with E-state index in [0.29, 0.717) is 23.4 Å². The van der Waals surface area contributed by atoms with Crippen molar-refractivity contribution in [2.24, 2.45) is 0 Å².